The monoisotopic (exact) mass is 238 g/mol. The maximum Gasteiger partial charge on any atom is 0.382 e. The number of allylic oxidation sites excluding steroid dienone is 3. The van der Waals surface area contributed by atoms with E-state index in [9.17, 15) is 9.59 Å². The molecule has 0 amide bonds. The van der Waals surface area contributed by atoms with E-state index >= 15 is 0 Å². The van der Waals surface area contributed by atoms with Crippen LogP contribution in [0.25, 0.3) is 0 Å². The lowest BCUT2D eigenvalue weighted by molar-refractivity contribution is -0.258. The summed E-state index contributed by atoms with van der Waals surface area (Å²) in [6.45, 7) is 7.39. The van der Waals surface area contributed by atoms with Crippen molar-refractivity contribution >= 4 is 11.9 Å². The van der Waals surface area contributed by atoms with Gasteiger partial charge in [-0.15, -0.1) is 0 Å². The fourth-order valence-electron chi connectivity index (χ4n) is 1.34. The number of carbonyl (C=O) groups excluding carboxylic acids is 2. The number of carbonyl (C=O) groups is 2. The molecule has 0 aliphatic heterocycles. The first-order valence-corrected chi connectivity index (χ1v) is 5.72. The van der Waals surface area contributed by atoms with Gasteiger partial charge in [0.2, 0.25) is 0 Å². The molecule has 0 aromatic rings. The molecule has 0 heterocycles. The highest BCUT2D eigenvalue weighted by Crippen LogP contribution is 2.24. The Morgan fingerprint density at radius 3 is 2.47 bits per heavy atom. The van der Waals surface area contributed by atoms with Gasteiger partial charge in [0, 0.05) is 5.57 Å². The third kappa shape index (κ3) is 3.73. The molecule has 1 aliphatic rings. The third-order valence-corrected chi connectivity index (χ3v) is 2.78. The van der Waals surface area contributed by atoms with Crippen molar-refractivity contribution < 1.29 is 19.4 Å². The summed E-state index contributed by atoms with van der Waals surface area (Å²) < 4.78 is 0. The summed E-state index contributed by atoms with van der Waals surface area (Å²) in [5.41, 5.74) is 1.75. The van der Waals surface area contributed by atoms with Gasteiger partial charge in [-0.25, -0.2) is 19.4 Å². The van der Waals surface area contributed by atoms with Gasteiger partial charge in [-0.2, -0.15) is 0 Å². The van der Waals surface area contributed by atoms with Gasteiger partial charge in [0.15, 0.2) is 0 Å². The third-order valence-electron chi connectivity index (χ3n) is 2.78. The van der Waals surface area contributed by atoms with E-state index in [0.29, 0.717) is 17.9 Å². The maximum absolute atomic E-state index is 11.6. The van der Waals surface area contributed by atoms with Gasteiger partial charge in [0.1, 0.15) is 0 Å². The van der Waals surface area contributed by atoms with Gasteiger partial charge in [0.25, 0.3) is 0 Å². The normalized spacial score (nSPS) is 19.5. The average molecular weight is 238 g/mol. The van der Waals surface area contributed by atoms with Gasteiger partial charge in [-0.3, -0.25) is 0 Å². The van der Waals surface area contributed by atoms with E-state index in [0.717, 1.165) is 0 Å². The molecule has 17 heavy (non-hydrogen) atoms. The van der Waals surface area contributed by atoms with E-state index in [4.69, 9.17) is 0 Å². The van der Waals surface area contributed by atoms with E-state index in [1.165, 1.54) is 5.57 Å². The second-order valence-corrected chi connectivity index (χ2v) is 4.64. The molecule has 0 radical (unpaired) electrons. The van der Waals surface area contributed by atoms with Crippen molar-refractivity contribution in [2.24, 2.45) is 11.8 Å². The van der Waals surface area contributed by atoms with Crippen LogP contribution >= 0.6 is 0 Å². The van der Waals surface area contributed by atoms with Gasteiger partial charge in [-0.05, 0) is 19.3 Å². The molecule has 1 rings (SSSR count). The molecule has 0 saturated heterocycles. The van der Waals surface area contributed by atoms with E-state index in [-0.39, 0.29) is 5.92 Å². The molecular formula is C13H18O4. The Morgan fingerprint density at radius 1 is 1.29 bits per heavy atom. The summed E-state index contributed by atoms with van der Waals surface area (Å²) in [5, 5.41) is 0. The molecular weight excluding hydrogens is 220 g/mol. The summed E-state index contributed by atoms with van der Waals surface area (Å²) in [5.74, 6) is -1.14. The summed E-state index contributed by atoms with van der Waals surface area (Å²) in [6.07, 6.45) is 4.20. The summed E-state index contributed by atoms with van der Waals surface area (Å²) in [4.78, 5) is 31.6. The lowest BCUT2D eigenvalue weighted by Crippen LogP contribution is -2.18. The molecule has 0 spiro atoms. The Morgan fingerprint density at radius 2 is 1.94 bits per heavy atom. The zero-order valence-corrected chi connectivity index (χ0v) is 10.6. The molecule has 4 heteroatoms. The molecule has 94 valence electrons. The summed E-state index contributed by atoms with van der Waals surface area (Å²) >= 11 is 0. The molecule has 1 unspecified atom stereocenters. The summed E-state index contributed by atoms with van der Waals surface area (Å²) in [7, 11) is 0. The molecule has 0 saturated carbocycles. The van der Waals surface area contributed by atoms with Gasteiger partial charge in [-0.1, -0.05) is 38.5 Å². The second kappa shape index (κ2) is 5.66. The minimum atomic E-state index is -0.588. The topological polar surface area (TPSA) is 52.6 Å². The van der Waals surface area contributed by atoms with Crippen LogP contribution in [0.3, 0.4) is 0 Å². The van der Waals surface area contributed by atoms with Crippen LogP contribution in [0.15, 0.2) is 23.3 Å². The summed E-state index contributed by atoms with van der Waals surface area (Å²) in [6, 6.07) is 0. The quantitative estimate of drug-likeness (QED) is 0.548. The standard InChI is InChI=1S/C13H18O4/c1-8(2)12(14)16-17-13(15)11-6-5-9(3)10(4)7-11/h5-6,8,10H,7H2,1-4H3. The van der Waals surface area contributed by atoms with Crippen LogP contribution in [-0.4, -0.2) is 11.9 Å². The van der Waals surface area contributed by atoms with Gasteiger partial charge < -0.3 is 0 Å². The van der Waals surface area contributed by atoms with Crippen molar-refractivity contribution in [1.29, 1.82) is 0 Å². The van der Waals surface area contributed by atoms with Crippen LogP contribution in [0.2, 0.25) is 0 Å². The van der Waals surface area contributed by atoms with Crippen LogP contribution in [0.1, 0.15) is 34.1 Å². The predicted molar refractivity (Wildman–Crippen MR) is 62.6 cm³/mol. The molecule has 0 N–H and O–H groups in total. The van der Waals surface area contributed by atoms with Crippen LogP contribution in [0.4, 0.5) is 0 Å². The van der Waals surface area contributed by atoms with E-state index in [1.807, 2.05) is 19.9 Å². The van der Waals surface area contributed by atoms with Crippen molar-refractivity contribution in [2.45, 2.75) is 34.1 Å². The van der Waals surface area contributed by atoms with Crippen molar-refractivity contribution in [3.05, 3.63) is 23.3 Å². The highest BCUT2D eigenvalue weighted by molar-refractivity contribution is 5.89. The fraction of sp³-hybridized carbons (Fsp3) is 0.538. The van der Waals surface area contributed by atoms with Gasteiger partial charge >= 0.3 is 11.9 Å². The Labute approximate surface area is 101 Å². The smallest absolute Gasteiger partial charge is 0.247 e. The van der Waals surface area contributed by atoms with Crippen LogP contribution in [0, 0.1) is 11.8 Å². The molecule has 0 aromatic carbocycles. The van der Waals surface area contributed by atoms with E-state index < -0.39 is 11.9 Å². The second-order valence-electron chi connectivity index (χ2n) is 4.64. The molecule has 4 nitrogen and oxygen atoms in total. The SMILES string of the molecule is CC1=CC=C(C(=O)OOC(=O)C(C)C)CC1C. The van der Waals surface area contributed by atoms with Crippen LogP contribution in [0.5, 0.6) is 0 Å². The zero-order valence-electron chi connectivity index (χ0n) is 10.6. The van der Waals surface area contributed by atoms with Crippen molar-refractivity contribution in [2.75, 3.05) is 0 Å². The minimum absolute atomic E-state index is 0.309. The molecule has 1 atom stereocenters. The number of rotatable bonds is 2. The van der Waals surface area contributed by atoms with Gasteiger partial charge in [0.05, 0.1) is 5.92 Å². The Balaban J connectivity index is 2.52. The first kappa shape index (κ1) is 13.5. The number of hydrogen-bond donors (Lipinski definition) is 0. The van der Waals surface area contributed by atoms with E-state index in [2.05, 4.69) is 9.78 Å². The highest BCUT2D eigenvalue weighted by atomic mass is 17.2. The van der Waals surface area contributed by atoms with Crippen molar-refractivity contribution in [3.63, 3.8) is 0 Å². The largest absolute Gasteiger partial charge is 0.382 e. The Bertz CT molecular complexity index is 377. The number of hydrogen-bond acceptors (Lipinski definition) is 4. The first-order chi connectivity index (χ1) is 7.91. The molecule has 0 aromatic heterocycles. The van der Waals surface area contributed by atoms with Crippen molar-refractivity contribution in [3.8, 4) is 0 Å². The predicted octanol–water partition coefficient (Wildman–Crippen LogP) is 2.56. The fourth-order valence-corrected chi connectivity index (χ4v) is 1.34. The van der Waals surface area contributed by atoms with E-state index in [1.54, 1.807) is 19.9 Å². The first-order valence-electron chi connectivity index (χ1n) is 5.72. The van der Waals surface area contributed by atoms with Crippen LogP contribution < -0.4 is 0 Å². The molecule has 1 aliphatic carbocycles. The molecule has 0 fully saturated rings. The Hall–Kier alpha value is -1.58. The molecule has 0 bridgehead atoms. The maximum atomic E-state index is 11.6. The highest BCUT2D eigenvalue weighted by Gasteiger charge is 2.21. The average Bonchev–Trinajstić information content (AvgIpc) is 2.28. The zero-order chi connectivity index (χ0) is 13.0. The lowest BCUT2D eigenvalue weighted by atomic mass is 9.90. The minimum Gasteiger partial charge on any atom is -0.247 e. The Kier molecular flexibility index (Phi) is 4.49. The van der Waals surface area contributed by atoms with Crippen molar-refractivity contribution in [1.82, 2.24) is 0 Å². The van der Waals surface area contributed by atoms with Crippen LogP contribution in [-0.2, 0) is 19.4 Å². The lowest BCUT2D eigenvalue weighted by Gasteiger charge is -2.17.